The number of hydrogen-bond donors (Lipinski definition) is 1. The minimum absolute atomic E-state index is 0.0499. The molecule has 0 bridgehead atoms. The smallest absolute Gasteiger partial charge is 0.315 e. The van der Waals surface area contributed by atoms with Crippen molar-refractivity contribution >= 4 is 5.97 Å². The summed E-state index contributed by atoms with van der Waals surface area (Å²) in [5.74, 6) is 0.455. The van der Waals surface area contributed by atoms with Crippen molar-refractivity contribution in [2.75, 3.05) is 7.11 Å². The van der Waals surface area contributed by atoms with Crippen LogP contribution in [0.25, 0.3) is 11.1 Å². The van der Waals surface area contributed by atoms with Gasteiger partial charge in [-0.2, -0.15) is 0 Å². The fourth-order valence-electron chi connectivity index (χ4n) is 4.75. The van der Waals surface area contributed by atoms with Gasteiger partial charge < -0.3 is 15.2 Å². The van der Waals surface area contributed by atoms with Crippen molar-refractivity contribution in [2.24, 2.45) is 5.73 Å². The second-order valence-corrected chi connectivity index (χ2v) is 9.47. The van der Waals surface area contributed by atoms with Crippen LogP contribution in [-0.2, 0) is 14.9 Å². The van der Waals surface area contributed by atoms with Crippen molar-refractivity contribution in [1.82, 2.24) is 0 Å². The van der Waals surface area contributed by atoms with Gasteiger partial charge in [-0.05, 0) is 86.8 Å². The maximum absolute atomic E-state index is 15.0. The van der Waals surface area contributed by atoms with Crippen molar-refractivity contribution in [2.45, 2.75) is 75.9 Å². The molecule has 2 atom stereocenters. The van der Waals surface area contributed by atoms with E-state index in [1.165, 1.54) is 13.2 Å². The number of carbonyl (C=O) groups is 1. The fraction of sp³-hybridized carbons (Fsp3) is 0.500. The lowest BCUT2D eigenvalue weighted by Gasteiger charge is -2.30. The monoisotopic (exact) mass is 425 g/mol. The first-order valence-corrected chi connectivity index (χ1v) is 11.2. The van der Waals surface area contributed by atoms with Crippen LogP contribution in [0.1, 0.15) is 69.4 Å². The SMILES string of the molecule is COC(=O)C(C)(C)c1ccc(O[C@@H]2CC[C@@H](N)C2)c(-c2cccc(F)c2C2CCC2)c1. The Kier molecular flexibility index (Phi) is 6.07. The summed E-state index contributed by atoms with van der Waals surface area (Å²) in [6.45, 7) is 3.68. The molecule has 0 saturated heterocycles. The Labute approximate surface area is 183 Å². The van der Waals surface area contributed by atoms with Crippen molar-refractivity contribution in [3.63, 3.8) is 0 Å². The molecule has 0 aliphatic heterocycles. The van der Waals surface area contributed by atoms with Crippen molar-refractivity contribution in [3.05, 3.63) is 53.3 Å². The minimum atomic E-state index is -0.832. The number of hydrogen-bond acceptors (Lipinski definition) is 4. The van der Waals surface area contributed by atoms with Crippen LogP contribution < -0.4 is 10.5 Å². The fourth-order valence-corrected chi connectivity index (χ4v) is 4.75. The molecule has 5 heteroatoms. The first-order valence-electron chi connectivity index (χ1n) is 11.2. The summed E-state index contributed by atoms with van der Waals surface area (Å²) in [6.07, 6.45) is 5.83. The molecule has 2 aliphatic carbocycles. The lowest BCUT2D eigenvalue weighted by atomic mass is 9.76. The predicted molar refractivity (Wildman–Crippen MR) is 120 cm³/mol. The molecule has 0 aromatic heterocycles. The molecule has 0 radical (unpaired) electrons. The molecule has 4 nitrogen and oxygen atoms in total. The Morgan fingerprint density at radius 2 is 1.87 bits per heavy atom. The van der Waals surface area contributed by atoms with Crippen LogP contribution in [0, 0.1) is 5.82 Å². The number of carbonyl (C=O) groups excluding carboxylic acids is 1. The largest absolute Gasteiger partial charge is 0.490 e. The van der Waals surface area contributed by atoms with E-state index in [1.807, 2.05) is 38.1 Å². The van der Waals surface area contributed by atoms with Gasteiger partial charge in [-0.3, -0.25) is 4.79 Å². The van der Waals surface area contributed by atoms with Crippen LogP contribution in [0.15, 0.2) is 36.4 Å². The molecule has 31 heavy (non-hydrogen) atoms. The molecule has 166 valence electrons. The van der Waals surface area contributed by atoms with Gasteiger partial charge >= 0.3 is 5.97 Å². The summed E-state index contributed by atoms with van der Waals surface area (Å²) in [7, 11) is 1.40. The van der Waals surface area contributed by atoms with E-state index < -0.39 is 5.41 Å². The molecular formula is C26H32FNO3. The number of benzene rings is 2. The van der Waals surface area contributed by atoms with E-state index in [2.05, 4.69) is 0 Å². The first kappa shape index (κ1) is 21.8. The number of halogens is 1. The van der Waals surface area contributed by atoms with E-state index >= 15 is 0 Å². The average Bonchev–Trinajstić information content (AvgIpc) is 3.12. The number of ether oxygens (including phenoxy) is 2. The summed E-state index contributed by atoms with van der Waals surface area (Å²) in [6, 6.07) is 11.2. The maximum Gasteiger partial charge on any atom is 0.315 e. The quantitative estimate of drug-likeness (QED) is 0.624. The highest BCUT2D eigenvalue weighted by atomic mass is 19.1. The van der Waals surface area contributed by atoms with Crippen molar-refractivity contribution in [3.8, 4) is 16.9 Å². The van der Waals surface area contributed by atoms with Crippen LogP contribution in [0.5, 0.6) is 5.75 Å². The van der Waals surface area contributed by atoms with Crippen LogP contribution in [0.3, 0.4) is 0 Å². The molecule has 2 aromatic carbocycles. The van der Waals surface area contributed by atoms with Gasteiger partial charge in [0.05, 0.1) is 12.5 Å². The highest BCUT2D eigenvalue weighted by molar-refractivity contribution is 5.84. The Morgan fingerprint density at radius 1 is 1.10 bits per heavy atom. The Balaban J connectivity index is 1.83. The Morgan fingerprint density at radius 3 is 2.48 bits per heavy atom. The van der Waals surface area contributed by atoms with Crippen LogP contribution in [0.4, 0.5) is 4.39 Å². The van der Waals surface area contributed by atoms with Crippen molar-refractivity contribution in [1.29, 1.82) is 0 Å². The summed E-state index contributed by atoms with van der Waals surface area (Å²) < 4.78 is 26.4. The Hall–Kier alpha value is -2.40. The van der Waals surface area contributed by atoms with Crippen molar-refractivity contribution < 1.29 is 18.7 Å². The zero-order chi connectivity index (χ0) is 22.2. The van der Waals surface area contributed by atoms with E-state index in [0.29, 0.717) is 0 Å². The molecule has 2 saturated carbocycles. The minimum Gasteiger partial charge on any atom is -0.490 e. The lowest BCUT2D eigenvalue weighted by molar-refractivity contribution is -0.146. The van der Waals surface area contributed by atoms with Crippen LogP contribution in [0.2, 0.25) is 0 Å². The molecule has 2 aromatic rings. The highest BCUT2D eigenvalue weighted by Crippen LogP contribution is 2.46. The van der Waals surface area contributed by atoms with Gasteiger partial charge in [0.25, 0.3) is 0 Å². The third-order valence-corrected chi connectivity index (χ3v) is 6.97. The van der Waals surface area contributed by atoms with Crippen LogP contribution in [-0.4, -0.2) is 25.2 Å². The number of rotatable bonds is 6. The molecule has 2 fully saturated rings. The van der Waals surface area contributed by atoms with Gasteiger partial charge in [0, 0.05) is 11.6 Å². The van der Waals surface area contributed by atoms with Gasteiger partial charge in [0.1, 0.15) is 17.7 Å². The van der Waals surface area contributed by atoms with Crippen LogP contribution >= 0.6 is 0 Å². The number of nitrogens with two attached hydrogens (primary N) is 1. The highest BCUT2D eigenvalue weighted by Gasteiger charge is 2.33. The standard InChI is InChI=1S/C26H32FNO3/c1-26(2,25(29)30-3)17-10-13-23(31-19-12-11-18(28)15-19)21(14-17)20-8-5-9-22(27)24(20)16-6-4-7-16/h5,8-10,13-14,16,18-19H,4,6-7,11-12,15,28H2,1-3H3/t18-,19-/m1/s1. The van der Waals surface area contributed by atoms with Gasteiger partial charge in [0.15, 0.2) is 0 Å². The molecule has 2 N–H and O–H groups in total. The second-order valence-electron chi connectivity index (χ2n) is 9.47. The van der Waals surface area contributed by atoms with Gasteiger partial charge in [-0.25, -0.2) is 4.39 Å². The van der Waals surface area contributed by atoms with E-state index in [4.69, 9.17) is 15.2 Å². The first-order chi connectivity index (χ1) is 14.8. The second kappa shape index (κ2) is 8.62. The molecule has 0 heterocycles. The molecular weight excluding hydrogens is 393 g/mol. The summed E-state index contributed by atoms with van der Waals surface area (Å²) >= 11 is 0. The normalized spacial score (nSPS) is 21.6. The zero-order valence-corrected chi connectivity index (χ0v) is 18.6. The molecule has 0 spiro atoms. The lowest BCUT2D eigenvalue weighted by Crippen LogP contribution is -2.30. The summed E-state index contributed by atoms with van der Waals surface area (Å²) in [4.78, 5) is 12.4. The van der Waals surface area contributed by atoms with E-state index in [0.717, 1.165) is 66.5 Å². The van der Waals surface area contributed by atoms with E-state index in [1.54, 1.807) is 6.07 Å². The summed E-state index contributed by atoms with van der Waals surface area (Å²) in [5, 5.41) is 0. The number of methoxy groups -OCH3 is 1. The molecule has 4 rings (SSSR count). The Bertz CT molecular complexity index is 967. The number of esters is 1. The molecule has 0 amide bonds. The maximum atomic E-state index is 15.0. The third-order valence-electron chi connectivity index (χ3n) is 6.97. The van der Waals surface area contributed by atoms with Gasteiger partial charge in [0.2, 0.25) is 0 Å². The topological polar surface area (TPSA) is 61.5 Å². The predicted octanol–water partition coefficient (Wildman–Crippen LogP) is 5.47. The van der Waals surface area contributed by atoms with Gasteiger partial charge in [-0.1, -0.05) is 24.6 Å². The summed E-state index contributed by atoms with van der Waals surface area (Å²) in [5.41, 5.74) is 8.51. The third kappa shape index (κ3) is 4.20. The average molecular weight is 426 g/mol. The van der Waals surface area contributed by atoms with Gasteiger partial charge in [-0.15, -0.1) is 0 Å². The zero-order valence-electron chi connectivity index (χ0n) is 18.6. The molecule has 0 unspecified atom stereocenters. The van der Waals surface area contributed by atoms with E-state index in [-0.39, 0.29) is 29.9 Å². The molecule has 2 aliphatic rings. The van der Waals surface area contributed by atoms with E-state index in [9.17, 15) is 9.18 Å².